The molecule has 15 nitrogen and oxygen atoms in total. The highest BCUT2D eigenvalue weighted by Gasteiger charge is 2.45. The van der Waals surface area contributed by atoms with Gasteiger partial charge in [0.1, 0.15) is 59.3 Å². The van der Waals surface area contributed by atoms with Gasteiger partial charge in [-0.2, -0.15) is 0 Å². The zero-order chi connectivity index (χ0) is 30.9. The van der Waals surface area contributed by atoms with E-state index in [0.717, 1.165) is 25.1 Å². The Morgan fingerprint density at radius 3 is 2.31 bits per heavy atom. The minimum atomic E-state index is -1.91. The summed E-state index contributed by atoms with van der Waals surface area (Å²) in [5.41, 5.74) is -2.52. The number of carboxylic acid groups (broad SMARTS) is 1. The molecule has 1 aliphatic rings. The molecule has 42 heavy (non-hydrogen) atoms. The molecule has 0 aliphatic carbocycles. The van der Waals surface area contributed by atoms with E-state index in [1.54, 1.807) is 0 Å². The molecule has 6 atom stereocenters. The zero-order valence-electron chi connectivity index (χ0n) is 21.9. The van der Waals surface area contributed by atoms with Gasteiger partial charge in [0.05, 0.1) is 18.4 Å². The van der Waals surface area contributed by atoms with Gasteiger partial charge in [0, 0.05) is 23.8 Å². The highest BCUT2D eigenvalue weighted by molar-refractivity contribution is 5.86. The van der Waals surface area contributed by atoms with E-state index in [9.17, 15) is 50.1 Å². The van der Waals surface area contributed by atoms with Crippen LogP contribution in [-0.2, 0) is 19.1 Å². The lowest BCUT2D eigenvalue weighted by molar-refractivity contribution is -0.278. The lowest BCUT2D eigenvalue weighted by Gasteiger charge is -2.40. The standard InChI is InChI=1S/C27H28O15/c1-27(38,8-20(32)33)9-21(34)39-10-19-23(35)24(36)25(37)26(42-19)40-12-5-15(30)22-16(31)7-17(41-18(22)6-12)11-2-3-13(28)14(29)4-11/h2-7,19,23-26,28-30,35-38H,8-10H2,1H3,(H,32,33)/t19-,23-,24+,25-,26-,27?/m1/s1. The summed E-state index contributed by atoms with van der Waals surface area (Å²) in [5, 5.41) is 79.5. The Labute approximate surface area is 236 Å². The van der Waals surface area contributed by atoms with Gasteiger partial charge in [0.15, 0.2) is 16.9 Å². The summed E-state index contributed by atoms with van der Waals surface area (Å²) >= 11 is 0. The van der Waals surface area contributed by atoms with Gasteiger partial charge in [-0.15, -0.1) is 0 Å². The number of rotatable bonds is 9. The summed E-state index contributed by atoms with van der Waals surface area (Å²) in [4.78, 5) is 35.6. The van der Waals surface area contributed by atoms with E-state index in [0.29, 0.717) is 0 Å². The number of carbonyl (C=O) groups excluding carboxylic acids is 1. The van der Waals surface area contributed by atoms with Crippen LogP contribution in [0.1, 0.15) is 19.8 Å². The van der Waals surface area contributed by atoms with Crippen LogP contribution in [0, 0.1) is 0 Å². The molecule has 1 aliphatic heterocycles. The maximum absolute atomic E-state index is 12.7. The average molecular weight is 593 g/mol. The summed E-state index contributed by atoms with van der Waals surface area (Å²) in [6, 6.07) is 6.95. The molecule has 1 fully saturated rings. The predicted octanol–water partition coefficient (Wildman–Crippen LogP) is -0.0778. The number of benzene rings is 2. The number of aliphatic hydroxyl groups is 4. The number of aliphatic hydroxyl groups excluding tert-OH is 3. The predicted molar refractivity (Wildman–Crippen MR) is 139 cm³/mol. The molecule has 0 saturated carbocycles. The first-order chi connectivity index (χ1) is 19.6. The number of esters is 1. The molecule has 226 valence electrons. The smallest absolute Gasteiger partial charge is 0.308 e. The van der Waals surface area contributed by atoms with Crippen LogP contribution < -0.4 is 10.2 Å². The summed E-state index contributed by atoms with van der Waals surface area (Å²) in [6.07, 6.45) is -9.99. The first-order valence-electron chi connectivity index (χ1n) is 12.4. The number of fused-ring (bicyclic) bond motifs is 1. The third-order valence-electron chi connectivity index (χ3n) is 6.43. The normalized spacial score (nSPS) is 23.7. The second-order valence-electron chi connectivity index (χ2n) is 10.1. The van der Waals surface area contributed by atoms with E-state index < -0.39 is 90.4 Å². The van der Waals surface area contributed by atoms with E-state index in [2.05, 4.69) is 0 Å². The molecule has 0 bridgehead atoms. The molecule has 2 heterocycles. The quantitative estimate of drug-likeness (QED) is 0.119. The summed E-state index contributed by atoms with van der Waals surface area (Å²) in [7, 11) is 0. The third-order valence-corrected chi connectivity index (χ3v) is 6.43. The molecular weight excluding hydrogens is 564 g/mol. The number of ether oxygens (including phenoxy) is 3. The minimum absolute atomic E-state index is 0.0314. The molecule has 3 aromatic rings. The minimum Gasteiger partial charge on any atom is -0.507 e. The molecule has 8 N–H and O–H groups in total. The Morgan fingerprint density at radius 1 is 0.929 bits per heavy atom. The molecule has 0 radical (unpaired) electrons. The Kier molecular flexibility index (Phi) is 8.60. The molecule has 1 saturated heterocycles. The fourth-order valence-electron chi connectivity index (χ4n) is 4.34. The van der Waals surface area contributed by atoms with E-state index >= 15 is 0 Å². The Balaban J connectivity index is 1.53. The van der Waals surface area contributed by atoms with Crippen LogP contribution in [0.2, 0.25) is 0 Å². The lowest BCUT2D eigenvalue weighted by Crippen LogP contribution is -2.60. The van der Waals surface area contributed by atoms with Crippen LogP contribution >= 0.6 is 0 Å². The van der Waals surface area contributed by atoms with Crippen molar-refractivity contribution < 1.29 is 69.1 Å². The van der Waals surface area contributed by atoms with Crippen molar-refractivity contribution in [2.75, 3.05) is 6.61 Å². The van der Waals surface area contributed by atoms with Gasteiger partial charge in [0.25, 0.3) is 0 Å². The molecule has 0 amide bonds. The van der Waals surface area contributed by atoms with Gasteiger partial charge in [-0.1, -0.05) is 0 Å². The number of aliphatic carboxylic acids is 1. The van der Waals surface area contributed by atoms with Crippen LogP contribution in [0.4, 0.5) is 0 Å². The molecular formula is C27H28O15. The fraction of sp³-hybridized carbons (Fsp3) is 0.370. The first-order valence-corrected chi connectivity index (χ1v) is 12.4. The third kappa shape index (κ3) is 6.72. The van der Waals surface area contributed by atoms with Crippen molar-refractivity contribution in [3.05, 3.63) is 46.6 Å². The van der Waals surface area contributed by atoms with Crippen molar-refractivity contribution >= 4 is 22.9 Å². The number of aromatic hydroxyl groups is 3. The van der Waals surface area contributed by atoms with Gasteiger partial charge in [-0.25, -0.2) is 0 Å². The first kappa shape index (κ1) is 30.5. The Hall–Kier alpha value is -4.41. The molecule has 1 aromatic heterocycles. The van der Waals surface area contributed by atoms with Crippen LogP contribution in [0.5, 0.6) is 23.0 Å². The summed E-state index contributed by atoms with van der Waals surface area (Å²) in [6.45, 7) is 0.449. The highest BCUT2D eigenvalue weighted by Crippen LogP contribution is 2.35. The van der Waals surface area contributed by atoms with Crippen molar-refractivity contribution in [2.24, 2.45) is 0 Å². The van der Waals surface area contributed by atoms with E-state index in [1.807, 2.05) is 0 Å². The average Bonchev–Trinajstić information content (AvgIpc) is 2.88. The number of hydrogen-bond acceptors (Lipinski definition) is 14. The maximum Gasteiger partial charge on any atom is 0.308 e. The van der Waals surface area contributed by atoms with E-state index in [-0.39, 0.29) is 28.0 Å². The summed E-state index contributed by atoms with van der Waals surface area (Å²) in [5.74, 6) is -4.04. The van der Waals surface area contributed by atoms with Gasteiger partial charge < -0.3 is 59.5 Å². The lowest BCUT2D eigenvalue weighted by atomic mass is 9.98. The number of phenolic OH excluding ortho intramolecular Hbond substituents is 3. The molecule has 4 rings (SSSR count). The van der Waals surface area contributed by atoms with E-state index in [4.69, 9.17) is 23.7 Å². The largest absolute Gasteiger partial charge is 0.507 e. The highest BCUT2D eigenvalue weighted by atomic mass is 16.7. The molecule has 2 aromatic carbocycles. The number of hydrogen-bond donors (Lipinski definition) is 8. The number of phenols is 3. The van der Waals surface area contributed by atoms with Crippen molar-refractivity contribution in [1.29, 1.82) is 0 Å². The SMILES string of the molecule is CC(O)(CC(=O)O)CC(=O)OC[C@H]1O[C@@H](Oc2cc(O)c3c(=O)cc(-c4ccc(O)c(O)c4)oc3c2)[C@H](O)[C@@H](O)[C@@H]1O. The Morgan fingerprint density at radius 2 is 1.64 bits per heavy atom. The topological polar surface area (TPSA) is 254 Å². The zero-order valence-corrected chi connectivity index (χ0v) is 21.9. The van der Waals surface area contributed by atoms with Gasteiger partial charge in [-0.05, 0) is 25.1 Å². The van der Waals surface area contributed by atoms with Crippen LogP contribution in [-0.4, -0.2) is 95.7 Å². The van der Waals surface area contributed by atoms with E-state index in [1.165, 1.54) is 18.2 Å². The molecule has 1 unspecified atom stereocenters. The summed E-state index contributed by atoms with van der Waals surface area (Å²) < 4.78 is 21.7. The van der Waals surface area contributed by atoms with Crippen LogP contribution in [0.3, 0.4) is 0 Å². The number of carbonyl (C=O) groups is 2. The molecule has 0 spiro atoms. The second kappa shape index (κ2) is 11.8. The second-order valence-corrected chi connectivity index (χ2v) is 10.1. The van der Waals surface area contributed by atoms with Crippen LogP contribution in [0.25, 0.3) is 22.3 Å². The molecule has 15 heteroatoms. The van der Waals surface area contributed by atoms with Gasteiger partial charge >= 0.3 is 11.9 Å². The van der Waals surface area contributed by atoms with Crippen molar-refractivity contribution in [3.8, 4) is 34.3 Å². The van der Waals surface area contributed by atoms with Crippen molar-refractivity contribution in [2.45, 2.75) is 56.1 Å². The fourth-order valence-corrected chi connectivity index (χ4v) is 4.34. The van der Waals surface area contributed by atoms with Crippen molar-refractivity contribution in [1.82, 2.24) is 0 Å². The van der Waals surface area contributed by atoms with Gasteiger partial charge in [-0.3, -0.25) is 14.4 Å². The van der Waals surface area contributed by atoms with Crippen LogP contribution in [0.15, 0.2) is 45.6 Å². The maximum atomic E-state index is 12.7. The number of carboxylic acids is 1. The van der Waals surface area contributed by atoms with Crippen molar-refractivity contribution in [3.63, 3.8) is 0 Å². The monoisotopic (exact) mass is 592 g/mol. The Bertz CT molecular complexity index is 1540. The van der Waals surface area contributed by atoms with Gasteiger partial charge in [0.2, 0.25) is 6.29 Å².